The van der Waals surface area contributed by atoms with Crippen molar-refractivity contribution in [3.8, 4) is 0 Å². The van der Waals surface area contributed by atoms with E-state index < -0.39 is 0 Å². The molecule has 1 unspecified atom stereocenters. The first-order valence-corrected chi connectivity index (χ1v) is 6.79. The number of halogens is 2. The van der Waals surface area contributed by atoms with E-state index in [-0.39, 0.29) is 24.7 Å². The number of hydrogen-bond donors (Lipinski definition) is 0. The van der Waals surface area contributed by atoms with Gasteiger partial charge in [0.2, 0.25) is 0 Å². The molecule has 3 nitrogen and oxygen atoms in total. The zero-order valence-electron chi connectivity index (χ0n) is 8.57. The summed E-state index contributed by atoms with van der Waals surface area (Å²) in [7, 11) is 0. The summed E-state index contributed by atoms with van der Waals surface area (Å²) in [4.78, 5) is 11.6. The van der Waals surface area contributed by atoms with Crippen LogP contribution in [0.2, 0.25) is 0 Å². The Morgan fingerprint density at radius 2 is 2.06 bits per heavy atom. The van der Waals surface area contributed by atoms with Crippen molar-refractivity contribution in [3.05, 3.63) is 35.9 Å². The molecule has 0 aliphatic carbocycles. The van der Waals surface area contributed by atoms with Crippen molar-refractivity contribution in [1.29, 1.82) is 0 Å². The zero-order valence-corrected chi connectivity index (χ0v) is 11.5. The molecule has 1 rings (SSSR count). The SMILES string of the molecule is O=C(OCC(CI)OCCl)c1ccccc1. The van der Waals surface area contributed by atoms with E-state index in [4.69, 9.17) is 21.1 Å². The lowest BCUT2D eigenvalue weighted by Crippen LogP contribution is -2.23. The quantitative estimate of drug-likeness (QED) is 0.448. The van der Waals surface area contributed by atoms with E-state index in [1.165, 1.54) is 0 Å². The molecule has 16 heavy (non-hydrogen) atoms. The minimum Gasteiger partial charge on any atom is -0.459 e. The van der Waals surface area contributed by atoms with Crippen LogP contribution in [0.1, 0.15) is 10.4 Å². The molecule has 0 aliphatic heterocycles. The first-order valence-electron chi connectivity index (χ1n) is 4.73. The summed E-state index contributed by atoms with van der Waals surface area (Å²) >= 11 is 7.60. The van der Waals surface area contributed by atoms with Gasteiger partial charge in [-0.05, 0) is 12.1 Å². The second-order valence-corrected chi connectivity index (χ2v) is 4.12. The maximum absolute atomic E-state index is 11.6. The second kappa shape index (κ2) is 7.86. The highest BCUT2D eigenvalue weighted by atomic mass is 127. The van der Waals surface area contributed by atoms with E-state index in [0.29, 0.717) is 5.56 Å². The average Bonchev–Trinajstić information content (AvgIpc) is 2.35. The molecule has 0 heterocycles. The highest BCUT2D eigenvalue weighted by Gasteiger charge is 2.11. The number of carbonyl (C=O) groups excluding carboxylic acids is 1. The van der Waals surface area contributed by atoms with Crippen molar-refractivity contribution in [1.82, 2.24) is 0 Å². The van der Waals surface area contributed by atoms with Crippen LogP contribution in [0.3, 0.4) is 0 Å². The van der Waals surface area contributed by atoms with E-state index in [0.717, 1.165) is 4.43 Å². The summed E-state index contributed by atoms with van der Waals surface area (Å²) in [6, 6.07) is 8.97. The largest absolute Gasteiger partial charge is 0.459 e. The fourth-order valence-electron chi connectivity index (χ4n) is 1.05. The molecule has 0 saturated heterocycles. The standard InChI is InChI=1S/C11H12ClIO3/c12-8-16-10(6-13)7-15-11(14)9-4-2-1-3-5-9/h1-5,10H,6-8H2. The predicted molar refractivity (Wildman–Crippen MR) is 71.2 cm³/mol. The van der Waals surface area contributed by atoms with Gasteiger partial charge in [0.05, 0.1) is 5.56 Å². The molecule has 0 saturated carbocycles. The fraction of sp³-hybridized carbons (Fsp3) is 0.364. The Hall–Kier alpha value is -0.330. The van der Waals surface area contributed by atoms with E-state index >= 15 is 0 Å². The van der Waals surface area contributed by atoms with Crippen molar-refractivity contribution < 1.29 is 14.3 Å². The Bertz CT molecular complexity index is 318. The number of hydrogen-bond acceptors (Lipinski definition) is 3. The highest BCUT2D eigenvalue weighted by Crippen LogP contribution is 2.04. The van der Waals surface area contributed by atoms with E-state index in [1.54, 1.807) is 24.3 Å². The summed E-state index contributed by atoms with van der Waals surface area (Å²) in [5.74, 6) is -0.339. The van der Waals surface area contributed by atoms with Gasteiger partial charge in [0.1, 0.15) is 18.8 Å². The Labute approximate surface area is 113 Å². The Morgan fingerprint density at radius 1 is 1.38 bits per heavy atom. The van der Waals surface area contributed by atoms with Gasteiger partial charge in [-0.1, -0.05) is 52.4 Å². The minimum absolute atomic E-state index is 0.108. The van der Waals surface area contributed by atoms with Gasteiger partial charge in [-0.25, -0.2) is 4.79 Å². The van der Waals surface area contributed by atoms with Crippen LogP contribution in [-0.4, -0.2) is 29.2 Å². The third-order valence-electron chi connectivity index (χ3n) is 1.88. The zero-order chi connectivity index (χ0) is 11.8. The summed E-state index contributed by atoms with van der Waals surface area (Å²) in [6.07, 6.45) is -0.147. The van der Waals surface area contributed by atoms with Crippen LogP contribution in [0.15, 0.2) is 30.3 Å². The summed E-state index contributed by atoms with van der Waals surface area (Å²) in [6.45, 7) is 0.226. The van der Waals surface area contributed by atoms with E-state index in [9.17, 15) is 4.79 Å². The molecule has 0 radical (unpaired) electrons. The molecule has 1 aromatic rings. The van der Waals surface area contributed by atoms with Crippen molar-refractivity contribution >= 4 is 40.2 Å². The van der Waals surface area contributed by atoms with Crippen LogP contribution in [0.4, 0.5) is 0 Å². The van der Waals surface area contributed by atoms with Gasteiger partial charge >= 0.3 is 5.97 Å². The number of alkyl halides is 2. The van der Waals surface area contributed by atoms with Gasteiger partial charge in [0.25, 0.3) is 0 Å². The maximum atomic E-state index is 11.6. The van der Waals surface area contributed by atoms with Crippen LogP contribution in [-0.2, 0) is 9.47 Å². The average molecular weight is 355 g/mol. The fourth-order valence-corrected chi connectivity index (χ4v) is 1.74. The van der Waals surface area contributed by atoms with Crippen LogP contribution in [0, 0.1) is 0 Å². The summed E-state index contributed by atoms with van der Waals surface area (Å²) < 4.78 is 11.0. The molecular weight excluding hydrogens is 342 g/mol. The van der Waals surface area contributed by atoms with Crippen LogP contribution >= 0.6 is 34.2 Å². The Morgan fingerprint density at radius 3 is 2.62 bits per heavy atom. The maximum Gasteiger partial charge on any atom is 0.338 e. The monoisotopic (exact) mass is 354 g/mol. The Kier molecular flexibility index (Phi) is 6.75. The summed E-state index contributed by atoms with van der Waals surface area (Å²) in [5, 5.41) is 0. The third kappa shape index (κ3) is 4.67. The van der Waals surface area contributed by atoms with Crippen LogP contribution < -0.4 is 0 Å². The molecule has 0 bridgehead atoms. The van der Waals surface area contributed by atoms with Crippen molar-refractivity contribution in [2.75, 3.05) is 17.1 Å². The lowest BCUT2D eigenvalue weighted by atomic mass is 10.2. The molecule has 0 aliphatic rings. The van der Waals surface area contributed by atoms with E-state index in [2.05, 4.69) is 22.6 Å². The predicted octanol–water partition coefficient (Wildman–Crippen LogP) is 2.86. The molecule has 1 atom stereocenters. The van der Waals surface area contributed by atoms with Gasteiger partial charge < -0.3 is 9.47 Å². The molecule has 0 aromatic heterocycles. The van der Waals surface area contributed by atoms with E-state index in [1.807, 2.05) is 6.07 Å². The van der Waals surface area contributed by atoms with Crippen molar-refractivity contribution in [2.45, 2.75) is 6.10 Å². The second-order valence-electron chi connectivity index (χ2n) is 3.02. The number of ether oxygens (including phenoxy) is 2. The molecule has 0 spiro atoms. The smallest absolute Gasteiger partial charge is 0.338 e. The lowest BCUT2D eigenvalue weighted by molar-refractivity contribution is 0.0148. The van der Waals surface area contributed by atoms with Gasteiger partial charge in [-0.3, -0.25) is 0 Å². The third-order valence-corrected chi connectivity index (χ3v) is 2.99. The number of carbonyl (C=O) groups is 1. The van der Waals surface area contributed by atoms with Gasteiger partial charge in [0, 0.05) is 4.43 Å². The molecule has 1 aromatic carbocycles. The molecular formula is C11H12ClIO3. The molecule has 0 amide bonds. The van der Waals surface area contributed by atoms with Crippen molar-refractivity contribution in [3.63, 3.8) is 0 Å². The van der Waals surface area contributed by atoms with Crippen LogP contribution in [0.5, 0.6) is 0 Å². The minimum atomic E-state index is -0.339. The van der Waals surface area contributed by atoms with Crippen LogP contribution in [0.25, 0.3) is 0 Å². The molecule has 88 valence electrons. The van der Waals surface area contributed by atoms with Gasteiger partial charge in [-0.15, -0.1) is 0 Å². The first-order chi connectivity index (χ1) is 7.77. The van der Waals surface area contributed by atoms with Crippen molar-refractivity contribution in [2.24, 2.45) is 0 Å². The first kappa shape index (κ1) is 13.7. The van der Waals surface area contributed by atoms with Gasteiger partial charge in [0.15, 0.2) is 0 Å². The molecule has 0 fully saturated rings. The Balaban J connectivity index is 2.40. The number of esters is 1. The number of benzene rings is 1. The van der Waals surface area contributed by atoms with Gasteiger partial charge in [-0.2, -0.15) is 0 Å². The number of rotatable bonds is 6. The molecule has 5 heteroatoms. The normalized spacial score (nSPS) is 12.1. The molecule has 0 N–H and O–H groups in total. The summed E-state index contributed by atoms with van der Waals surface area (Å²) in [5.41, 5.74) is 0.542. The topological polar surface area (TPSA) is 35.5 Å². The lowest BCUT2D eigenvalue weighted by Gasteiger charge is -2.13. The highest BCUT2D eigenvalue weighted by molar-refractivity contribution is 14.1.